The molecule has 2 aromatic carbocycles. The van der Waals surface area contributed by atoms with E-state index in [0.717, 1.165) is 22.6 Å². The van der Waals surface area contributed by atoms with Crippen molar-refractivity contribution in [1.29, 1.82) is 0 Å². The Morgan fingerprint density at radius 3 is 2.81 bits per heavy atom. The van der Waals surface area contributed by atoms with Gasteiger partial charge >= 0.3 is 0 Å². The van der Waals surface area contributed by atoms with Crippen LogP contribution in [-0.4, -0.2) is 31.4 Å². The first-order valence-corrected chi connectivity index (χ1v) is 10.8. The van der Waals surface area contributed by atoms with Gasteiger partial charge in [0.2, 0.25) is 5.91 Å². The number of nitrogens with zero attached hydrogens (tertiary/aromatic N) is 4. The highest BCUT2D eigenvalue weighted by Crippen LogP contribution is 2.22. The van der Waals surface area contributed by atoms with Crippen molar-refractivity contribution in [2.45, 2.75) is 5.16 Å². The molecule has 31 heavy (non-hydrogen) atoms. The molecule has 0 bridgehead atoms. The number of hydrogen-bond acceptors (Lipinski definition) is 5. The molecule has 4 aromatic rings. The van der Waals surface area contributed by atoms with Crippen molar-refractivity contribution in [2.75, 3.05) is 11.1 Å². The number of anilines is 1. The normalized spacial score (nSPS) is 11.0. The van der Waals surface area contributed by atoms with Crippen LogP contribution in [0, 0.1) is 0 Å². The summed E-state index contributed by atoms with van der Waals surface area (Å²) in [6.07, 6.45) is 7.24. The molecule has 0 radical (unpaired) electrons. The molecule has 0 aliphatic carbocycles. The Morgan fingerprint density at radius 1 is 1.06 bits per heavy atom. The first kappa shape index (κ1) is 20.8. The predicted octanol–water partition coefficient (Wildman–Crippen LogP) is 5.22. The first-order chi connectivity index (χ1) is 15.2. The third kappa shape index (κ3) is 5.81. The van der Waals surface area contributed by atoms with Crippen LogP contribution in [0.3, 0.4) is 0 Å². The Hall–Kier alpha value is -3.42. The molecule has 1 N–H and O–H groups in total. The van der Waals surface area contributed by atoms with Crippen molar-refractivity contribution in [3.8, 4) is 5.69 Å². The molecule has 2 heterocycles. The minimum atomic E-state index is -0.128. The molecule has 8 heteroatoms. The molecule has 0 fully saturated rings. The lowest BCUT2D eigenvalue weighted by atomic mass is 10.1. The largest absolute Gasteiger partial charge is 0.325 e. The number of thioether (sulfide) groups is 1. The minimum absolute atomic E-state index is 0.128. The number of amides is 1. The van der Waals surface area contributed by atoms with Gasteiger partial charge in [0, 0.05) is 16.9 Å². The van der Waals surface area contributed by atoms with Crippen molar-refractivity contribution in [2.24, 2.45) is 0 Å². The second kappa shape index (κ2) is 10.1. The van der Waals surface area contributed by atoms with Crippen molar-refractivity contribution in [3.63, 3.8) is 0 Å². The van der Waals surface area contributed by atoms with Crippen LogP contribution < -0.4 is 5.32 Å². The summed E-state index contributed by atoms with van der Waals surface area (Å²) in [6, 6.07) is 20.8. The summed E-state index contributed by atoms with van der Waals surface area (Å²) in [5, 5.41) is 12.2. The number of nitrogens with one attached hydrogen (secondary N) is 1. The molecule has 0 saturated heterocycles. The van der Waals surface area contributed by atoms with Crippen LogP contribution in [0.5, 0.6) is 0 Å². The maximum absolute atomic E-state index is 12.5. The summed E-state index contributed by atoms with van der Waals surface area (Å²) in [6.45, 7) is 0. The van der Waals surface area contributed by atoms with Crippen molar-refractivity contribution < 1.29 is 4.79 Å². The number of pyridine rings is 1. The Balaban J connectivity index is 1.37. The zero-order valence-electron chi connectivity index (χ0n) is 16.4. The summed E-state index contributed by atoms with van der Waals surface area (Å²) in [5.74, 6) is 0.0734. The lowest BCUT2D eigenvalue weighted by molar-refractivity contribution is -0.113. The van der Waals surface area contributed by atoms with E-state index < -0.39 is 0 Å². The maximum Gasteiger partial charge on any atom is 0.234 e. The highest BCUT2D eigenvalue weighted by atomic mass is 35.5. The molecule has 0 aliphatic rings. The predicted molar refractivity (Wildman–Crippen MR) is 125 cm³/mol. The summed E-state index contributed by atoms with van der Waals surface area (Å²) in [5.41, 5.74) is 3.41. The molecule has 154 valence electrons. The average Bonchev–Trinajstić information content (AvgIpc) is 3.26. The Kier molecular flexibility index (Phi) is 6.76. The zero-order valence-corrected chi connectivity index (χ0v) is 17.9. The SMILES string of the molecule is O=C(CSc1nncn1-c1cccc(Cl)c1)Nc1cccc(/C=C/c2ccccn2)c1. The zero-order chi connectivity index (χ0) is 21.5. The Labute approximate surface area is 189 Å². The van der Waals surface area contributed by atoms with Gasteiger partial charge in [-0.05, 0) is 54.1 Å². The summed E-state index contributed by atoms with van der Waals surface area (Å²) in [4.78, 5) is 16.7. The molecule has 0 spiro atoms. The van der Waals surface area contributed by atoms with E-state index in [0.29, 0.717) is 10.2 Å². The Bertz CT molecular complexity index is 1210. The van der Waals surface area contributed by atoms with Crippen LogP contribution in [0.4, 0.5) is 5.69 Å². The number of carbonyl (C=O) groups excluding carboxylic acids is 1. The first-order valence-electron chi connectivity index (χ1n) is 9.45. The third-order valence-corrected chi connectivity index (χ3v) is 5.42. The van der Waals surface area contributed by atoms with E-state index in [4.69, 9.17) is 11.6 Å². The monoisotopic (exact) mass is 447 g/mol. The Morgan fingerprint density at radius 2 is 1.97 bits per heavy atom. The van der Waals surface area contributed by atoms with Crippen LogP contribution in [-0.2, 0) is 4.79 Å². The number of hydrogen-bond donors (Lipinski definition) is 1. The van der Waals surface area contributed by atoms with Gasteiger partial charge in [-0.1, -0.05) is 53.7 Å². The van der Waals surface area contributed by atoms with E-state index in [9.17, 15) is 4.79 Å². The van der Waals surface area contributed by atoms with E-state index in [1.54, 1.807) is 23.2 Å². The van der Waals surface area contributed by atoms with E-state index in [1.807, 2.05) is 72.8 Å². The fraction of sp³-hybridized carbons (Fsp3) is 0.0435. The average molecular weight is 448 g/mol. The van der Waals surface area contributed by atoms with Gasteiger partial charge in [0.1, 0.15) is 6.33 Å². The number of carbonyl (C=O) groups is 1. The second-order valence-corrected chi connectivity index (χ2v) is 7.89. The molecule has 0 atom stereocenters. The van der Waals surface area contributed by atoms with Gasteiger partial charge in [-0.15, -0.1) is 10.2 Å². The van der Waals surface area contributed by atoms with Crippen molar-refractivity contribution >= 4 is 47.1 Å². The number of halogens is 1. The topological polar surface area (TPSA) is 72.7 Å². The summed E-state index contributed by atoms with van der Waals surface area (Å²) in [7, 11) is 0. The molecular weight excluding hydrogens is 430 g/mol. The van der Waals surface area contributed by atoms with Gasteiger partial charge in [-0.3, -0.25) is 14.3 Å². The van der Waals surface area contributed by atoms with Gasteiger partial charge < -0.3 is 5.32 Å². The van der Waals surface area contributed by atoms with Crippen LogP contribution in [0.1, 0.15) is 11.3 Å². The third-order valence-electron chi connectivity index (χ3n) is 4.24. The molecule has 0 saturated carbocycles. The molecular formula is C23H18ClN5OS. The number of rotatable bonds is 7. The molecule has 1 amide bonds. The van der Waals surface area contributed by atoms with E-state index in [-0.39, 0.29) is 11.7 Å². The highest BCUT2D eigenvalue weighted by Gasteiger charge is 2.11. The lowest BCUT2D eigenvalue weighted by Crippen LogP contribution is -2.14. The van der Waals surface area contributed by atoms with Crippen molar-refractivity contribution in [1.82, 2.24) is 19.7 Å². The van der Waals surface area contributed by atoms with Crippen molar-refractivity contribution in [3.05, 3.63) is 95.5 Å². The molecule has 2 aromatic heterocycles. The minimum Gasteiger partial charge on any atom is -0.325 e. The van der Waals surface area contributed by atoms with Crippen LogP contribution in [0.2, 0.25) is 5.02 Å². The smallest absolute Gasteiger partial charge is 0.234 e. The van der Waals surface area contributed by atoms with E-state index in [2.05, 4.69) is 20.5 Å². The quantitative estimate of drug-likeness (QED) is 0.393. The molecule has 4 rings (SSSR count). The van der Waals surface area contributed by atoms with E-state index >= 15 is 0 Å². The number of benzene rings is 2. The molecule has 0 aliphatic heterocycles. The highest BCUT2D eigenvalue weighted by molar-refractivity contribution is 7.99. The summed E-state index contributed by atoms with van der Waals surface area (Å²) < 4.78 is 1.80. The number of aromatic nitrogens is 4. The molecule has 0 unspecified atom stereocenters. The van der Waals surface area contributed by atoms with Crippen LogP contribution in [0.15, 0.2) is 84.4 Å². The second-order valence-electron chi connectivity index (χ2n) is 6.51. The van der Waals surface area contributed by atoms with E-state index in [1.165, 1.54) is 11.8 Å². The van der Waals surface area contributed by atoms with Gasteiger partial charge in [-0.25, -0.2) is 0 Å². The van der Waals surface area contributed by atoms with Gasteiger partial charge in [0.25, 0.3) is 0 Å². The lowest BCUT2D eigenvalue weighted by Gasteiger charge is -2.08. The van der Waals surface area contributed by atoms with Gasteiger partial charge in [0.05, 0.1) is 17.1 Å². The standard InChI is InChI=1S/C23H18ClN5OS/c24-18-6-4-9-21(14-18)29-16-26-28-23(29)31-15-22(30)27-20-8-3-5-17(13-20)10-11-19-7-1-2-12-25-19/h1-14,16H,15H2,(H,27,30)/b11-10+. The van der Waals surface area contributed by atoms with Gasteiger partial charge in [-0.2, -0.15) is 0 Å². The summed E-state index contributed by atoms with van der Waals surface area (Å²) >= 11 is 7.37. The molecule has 6 nitrogen and oxygen atoms in total. The van der Waals surface area contributed by atoms with Gasteiger partial charge in [0.15, 0.2) is 5.16 Å². The maximum atomic E-state index is 12.5. The fourth-order valence-electron chi connectivity index (χ4n) is 2.83. The fourth-order valence-corrected chi connectivity index (χ4v) is 3.74. The van der Waals surface area contributed by atoms with Crippen LogP contribution in [0.25, 0.3) is 17.8 Å². The van der Waals surface area contributed by atoms with Crippen LogP contribution >= 0.6 is 23.4 Å².